The zero-order valence-corrected chi connectivity index (χ0v) is 15.4. The lowest BCUT2D eigenvalue weighted by Crippen LogP contribution is -2.50. The number of imide groups is 1. The van der Waals surface area contributed by atoms with Crippen molar-refractivity contribution >= 4 is 12.0 Å². The third kappa shape index (κ3) is 3.43. The molecule has 7 heteroatoms. The van der Waals surface area contributed by atoms with Crippen LogP contribution in [0, 0.1) is 11.8 Å². The molecule has 0 N–H and O–H groups in total. The summed E-state index contributed by atoms with van der Waals surface area (Å²) < 4.78 is 21.6. The summed E-state index contributed by atoms with van der Waals surface area (Å²) in [4.78, 5) is 26.3. The van der Waals surface area contributed by atoms with Crippen LogP contribution in [0.4, 0.5) is 4.79 Å². The molecule has 0 saturated carbocycles. The second-order valence-corrected chi connectivity index (χ2v) is 7.08. The molecule has 0 aromatic rings. The Labute approximate surface area is 143 Å². The quantitative estimate of drug-likeness (QED) is 0.496. The second-order valence-electron chi connectivity index (χ2n) is 7.08. The number of epoxide rings is 1. The number of methoxy groups -OCH3 is 1. The van der Waals surface area contributed by atoms with Gasteiger partial charge in [-0.25, -0.2) is 9.69 Å². The molecule has 5 atom stereocenters. The first-order valence-electron chi connectivity index (χ1n) is 8.56. The summed E-state index contributed by atoms with van der Waals surface area (Å²) in [7, 11) is 1.53. The predicted molar refractivity (Wildman–Crippen MR) is 86.3 cm³/mol. The maximum atomic E-state index is 13.0. The van der Waals surface area contributed by atoms with E-state index in [0.29, 0.717) is 0 Å². The van der Waals surface area contributed by atoms with E-state index in [4.69, 9.17) is 18.9 Å². The van der Waals surface area contributed by atoms with Crippen LogP contribution in [0.5, 0.6) is 0 Å². The van der Waals surface area contributed by atoms with Crippen LogP contribution < -0.4 is 0 Å². The maximum absolute atomic E-state index is 13.0. The molecule has 2 amide bonds. The van der Waals surface area contributed by atoms with Crippen molar-refractivity contribution in [2.45, 2.75) is 64.9 Å². The van der Waals surface area contributed by atoms with E-state index < -0.39 is 23.7 Å². The topological polar surface area (TPSA) is 77.6 Å². The summed E-state index contributed by atoms with van der Waals surface area (Å²) in [6.45, 7) is 9.98. The number of amides is 2. The van der Waals surface area contributed by atoms with Crippen molar-refractivity contribution in [1.29, 1.82) is 0 Å². The molecule has 7 nitrogen and oxygen atoms in total. The first-order chi connectivity index (χ1) is 11.3. The Balaban J connectivity index is 2.17. The van der Waals surface area contributed by atoms with Gasteiger partial charge in [0.15, 0.2) is 0 Å². The van der Waals surface area contributed by atoms with Crippen molar-refractivity contribution in [3.63, 3.8) is 0 Å². The van der Waals surface area contributed by atoms with Gasteiger partial charge in [-0.1, -0.05) is 27.7 Å². The predicted octanol–water partition coefficient (Wildman–Crippen LogP) is 2.18. The molecule has 2 saturated heterocycles. The van der Waals surface area contributed by atoms with Crippen molar-refractivity contribution in [3.8, 4) is 0 Å². The fourth-order valence-corrected chi connectivity index (χ4v) is 3.49. The molecule has 0 aliphatic carbocycles. The highest BCUT2D eigenvalue weighted by atomic mass is 16.7. The van der Waals surface area contributed by atoms with Crippen LogP contribution in [0.25, 0.3) is 0 Å². The minimum Gasteiger partial charge on any atom is -0.447 e. The van der Waals surface area contributed by atoms with Gasteiger partial charge in [0.05, 0.1) is 18.1 Å². The zero-order chi connectivity index (χ0) is 18.1. The molecule has 0 aromatic carbocycles. The Morgan fingerprint density at radius 3 is 2.58 bits per heavy atom. The molecule has 138 valence electrons. The number of cyclic esters (lactones) is 1. The van der Waals surface area contributed by atoms with Crippen LogP contribution in [0.1, 0.15) is 41.0 Å². The molecule has 0 aromatic heterocycles. The van der Waals surface area contributed by atoms with Gasteiger partial charge in [0.25, 0.3) is 0 Å². The van der Waals surface area contributed by atoms with Gasteiger partial charge in [0, 0.05) is 7.11 Å². The van der Waals surface area contributed by atoms with E-state index in [0.717, 1.165) is 6.42 Å². The fourth-order valence-electron chi connectivity index (χ4n) is 3.49. The Kier molecular flexibility index (Phi) is 5.88. The van der Waals surface area contributed by atoms with Gasteiger partial charge < -0.3 is 18.9 Å². The number of rotatable bonds is 8. The Hall–Kier alpha value is -1.18. The van der Waals surface area contributed by atoms with Crippen molar-refractivity contribution in [2.24, 2.45) is 11.8 Å². The van der Waals surface area contributed by atoms with Crippen LogP contribution >= 0.6 is 0 Å². The van der Waals surface area contributed by atoms with Crippen molar-refractivity contribution in [2.75, 3.05) is 20.5 Å². The van der Waals surface area contributed by atoms with Gasteiger partial charge in [-0.3, -0.25) is 4.79 Å². The molecule has 2 heterocycles. The summed E-state index contributed by atoms with van der Waals surface area (Å²) in [6.07, 6.45) is -0.188. The maximum Gasteiger partial charge on any atom is 0.416 e. The summed E-state index contributed by atoms with van der Waals surface area (Å²) in [6, 6.07) is -0.245. The van der Waals surface area contributed by atoms with E-state index in [1.165, 1.54) is 12.0 Å². The average molecular weight is 343 g/mol. The summed E-state index contributed by atoms with van der Waals surface area (Å²) >= 11 is 0. The molecule has 0 radical (unpaired) electrons. The van der Waals surface area contributed by atoms with E-state index >= 15 is 0 Å². The summed E-state index contributed by atoms with van der Waals surface area (Å²) in [5.74, 6) is -0.709. The number of carbonyl (C=O) groups is 2. The summed E-state index contributed by atoms with van der Waals surface area (Å²) in [5, 5.41) is 0. The van der Waals surface area contributed by atoms with Crippen molar-refractivity contribution in [1.82, 2.24) is 4.90 Å². The average Bonchev–Trinajstić information content (AvgIpc) is 3.05. The van der Waals surface area contributed by atoms with Crippen LogP contribution in [0.15, 0.2) is 0 Å². The van der Waals surface area contributed by atoms with Crippen molar-refractivity contribution < 1.29 is 28.5 Å². The zero-order valence-electron chi connectivity index (χ0n) is 15.4. The molecule has 0 bridgehead atoms. The van der Waals surface area contributed by atoms with E-state index in [1.807, 2.05) is 27.7 Å². The summed E-state index contributed by atoms with van der Waals surface area (Å²) in [5.41, 5.74) is -0.542. The molecule has 0 spiro atoms. The normalized spacial score (nSPS) is 32.0. The Morgan fingerprint density at radius 1 is 1.42 bits per heavy atom. The third-order valence-electron chi connectivity index (χ3n) is 5.04. The van der Waals surface area contributed by atoms with Gasteiger partial charge in [-0.15, -0.1) is 0 Å². The highest BCUT2D eigenvalue weighted by molar-refractivity contribution is 5.95. The van der Waals surface area contributed by atoms with Crippen LogP contribution in [0.3, 0.4) is 0 Å². The standard InChI is InChI=1S/C17H29NO6/c1-7-13-17(5,24-13)14(23-9-21-6)11(4)15(19)18-12(10(2)3)8-22-16(18)20/h10-14H,7-9H2,1-6H3. The fraction of sp³-hybridized carbons (Fsp3) is 0.882. The van der Waals surface area contributed by atoms with E-state index in [9.17, 15) is 9.59 Å². The first-order valence-corrected chi connectivity index (χ1v) is 8.56. The molecule has 2 aliphatic heterocycles. The smallest absolute Gasteiger partial charge is 0.416 e. The molecule has 5 unspecified atom stereocenters. The second kappa shape index (κ2) is 7.37. The van der Waals surface area contributed by atoms with E-state index in [1.54, 1.807) is 6.92 Å². The monoisotopic (exact) mass is 343 g/mol. The lowest BCUT2D eigenvalue weighted by molar-refractivity contribution is -0.150. The van der Waals surface area contributed by atoms with Crippen LogP contribution in [-0.2, 0) is 23.7 Å². The SMILES string of the molecule is CCC1OC1(C)C(OCOC)C(C)C(=O)N1C(=O)OCC1C(C)C. The van der Waals surface area contributed by atoms with Gasteiger partial charge in [0.2, 0.25) is 5.91 Å². The minimum absolute atomic E-state index is 0.0426. The molecule has 2 fully saturated rings. The lowest BCUT2D eigenvalue weighted by Gasteiger charge is -2.31. The van der Waals surface area contributed by atoms with Crippen LogP contribution in [0.2, 0.25) is 0 Å². The largest absolute Gasteiger partial charge is 0.447 e. The molecule has 2 aliphatic rings. The highest BCUT2D eigenvalue weighted by Gasteiger charge is 2.60. The van der Waals surface area contributed by atoms with Gasteiger partial charge in [-0.05, 0) is 19.3 Å². The number of ether oxygens (including phenoxy) is 4. The van der Waals surface area contributed by atoms with Gasteiger partial charge in [-0.2, -0.15) is 0 Å². The van der Waals surface area contributed by atoms with Crippen molar-refractivity contribution in [3.05, 3.63) is 0 Å². The molecule has 2 rings (SSSR count). The number of hydrogen-bond acceptors (Lipinski definition) is 6. The number of hydrogen-bond donors (Lipinski definition) is 0. The first kappa shape index (κ1) is 19.1. The van der Waals surface area contributed by atoms with E-state index in [-0.39, 0.29) is 37.4 Å². The number of carbonyl (C=O) groups excluding carboxylic acids is 2. The molecular weight excluding hydrogens is 314 g/mol. The number of nitrogens with zero attached hydrogens (tertiary/aromatic N) is 1. The Morgan fingerprint density at radius 2 is 2.08 bits per heavy atom. The minimum atomic E-state index is -0.579. The lowest BCUT2D eigenvalue weighted by atomic mass is 9.88. The molecule has 24 heavy (non-hydrogen) atoms. The Bertz CT molecular complexity index is 482. The van der Waals surface area contributed by atoms with Gasteiger partial charge >= 0.3 is 6.09 Å². The van der Waals surface area contributed by atoms with Gasteiger partial charge in [0.1, 0.15) is 25.1 Å². The van der Waals surface area contributed by atoms with Crippen LogP contribution in [-0.4, -0.2) is 61.3 Å². The highest BCUT2D eigenvalue weighted by Crippen LogP contribution is 2.45. The van der Waals surface area contributed by atoms with E-state index in [2.05, 4.69) is 0 Å². The third-order valence-corrected chi connectivity index (χ3v) is 5.04. The molecular formula is C17H29NO6.